The van der Waals surface area contributed by atoms with E-state index in [4.69, 9.17) is 4.74 Å². The van der Waals surface area contributed by atoms with E-state index < -0.39 is 0 Å². The van der Waals surface area contributed by atoms with Gasteiger partial charge < -0.3 is 4.74 Å². The number of aryl methyl sites for hydroxylation is 1. The smallest absolute Gasteiger partial charge is 0.338 e. The summed E-state index contributed by atoms with van der Waals surface area (Å²) in [4.78, 5) is 11.7. The van der Waals surface area contributed by atoms with Gasteiger partial charge in [-0.25, -0.2) is 4.79 Å². The molecular weight excluding hydrogens is 224 g/mol. The van der Waals surface area contributed by atoms with Crippen molar-refractivity contribution in [2.45, 2.75) is 13.3 Å². The summed E-state index contributed by atoms with van der Waals surface area (Å²) in [7, 11) is 0. The zero-order valence-corrected chi connectivity index (χ0v) is 10.4. The maximum absolute atomic E-state index is 11.7. The molecule has 2 heteroatoms. The maximum atomic E-state index is 11.7. The van der Waals surface area contributed by atoms with Crippen molar-refractivity contribution in [3.05, 3.63) is 71.3 Å². The summed E-state index contributed by atoms with van der Waals surface area (Å²) in [5.74, 6) is -0.261. The van der Waals surface area contributed by atoms with Crippen molar-refractivity contribution in [1.29, 1.82) is 0 Å². The number of carbonyl (C=O) groups excluding carboxylic acids is 1. The molecule has 0 saturated carbocycles. The first-order valence-electron chi connectivity index (χ1n) is 6.03. The Kier molecular flexibility index (Phi) is 4.13. The molecule has 0 amide bonds. The average Bonchev–Trinajstić information content (AvgIpc) is 2.42. The number of rotatable bonds is 4. The van der Waals surface area contributed by atoms with Crippen molar-refractivity contribution in [2.75, 3.05) is 6.61 Å². The van der Waals surface area contributed by atoms with Gasteiger partial charge >= 0.3 is 5.97 Å². The van der Waals surface area contributed by atoms with Gasteiger partial charge in [0, 0.05) is 6.42 Å². The monoisotopic (exact) mass is 240 g/mol. The molecule has 18 heavy (non-hydrogen) atoms. The van der Waals surface area contributed by atoms with Crippen LogP contribution in [0.1, 0.15) is 21.5 Å². The lowest BCUT2D eigenvalue weighted by molar-refractivity contribution is 0.0509. The van der Waals surface area contributed by atoms with Crippen LogP contribution in [0, 0.1) is 6.92 Å². The fourth-order valence-corrected chi connectivity index (χ4v) is 1.67. The summed E-state index contributed by atoms with van der Waals surface area (Å²) in [6.07, 6.45) is 0.749. The highest BCUT2D eigenvalue weighted by Crippen LogP contribution is 2.05. The van der Waals surface area contributed by atoms with Crippen LogP contribution in [0.2, 0.25) is 0 Å². The summed E-state index contributed by atoms with van der Waals surface area (Å²) in [5.41, 5.74) is 3.02. The first-order valence-corrected chi connectivity index (χ1v) is 6.03. The summed E-state index contributed by atoms with van der Waals surface area (Å²) in [6.45, 7) is 2.47. The van der Waals surface area contributed by atoms with Crippen LogP contribution in [-0.2, 0) is 11.2 Å². The summed E-state index contributed by atoms with van der Waals surface area (Å²) in [5, 5.41) is 0. The van der Waals surface area contributed by atoms with E-state index in [1.807, 2.05) is 18.2 Å². The van der Waals surface area contributed by atoms with Crippen LogP contribution >= 0.6 is 0 Å². The standard InChI is InChI=1S/C16H16O2/c1-13-7-9-14(10-8-13)11-12-18-16(17)15-5-3-2-4-6-15/h2-10H,11-12H2,1H3. The Bertz CT molecular complexity index is 500. The Labute approximate surface area is 107 Å². The molecule has 2 rings (SSSR count). The minimum absolute atomic E-state index is 0.261. The van der Waals surface area contributed by atoms with Crippen molar-refractivity contribution < 1.29 is 9.53 Å². The predicted octanol–water partition coefficient (Wildman–Crippen LogP) is 3.39. The molecule has 0 atom stereocenters. The van der Waals surface area contributed by atoms with E-state index in [1.54, 1.807) is 12.1 Å². The van der Waals surface area contributed by atoms with Crippen LogP contribution < -0.4 is 0 Å². The SMILES string of the molecule is Cc1ccc(CCOC(=O)c2ccccc2)cc1. The lowest BCUT2D eigenvalue weighted by atomic mass is 10.1. The van der Waals surface area contributed by atoms with E-state index in [-0.39, 0.29) is 5.97 Å². The largest absolute Gasteiger partial charge is 0.462 e. The summed E-state index contributed by atoms with van der Waals surface area (Å²) < 4.78 is 5.22. The second kappa shape index (κ2) is 6.01. The lowest BCUT2D eigenvalue weighted by Crippen LogP contribution is -2.07. The third-order valence-electron chi connectivity index (χ3n) is 2.75. The summed E-state index contributed by atoms with van der Waals surface area (Å²) >= 11 is 0. The van der Waals surface area contributed by atoms with Crippen molar-refractivity contribution >= 4 is 5.97 Å². The highest BCUT2D eigenvalue weighted by Gasteiger charge is 2.05. The topological polar surface area (TPSA) is 26.3 Å². The third kappa shape index (κ3) is 3.45. The van der Waals surface area contributed by atoms with Gasteiger partial charge in [-0.2, -0.15) is 0 Å². The molecule has 0 aliphatic heterocycles. The maximum Gasteiger partial charge on any atom is 0.338 e. The van der Waals surface area contributed by atoms with Crippen molar-refractivity contribution in [1.82, 2.24) is 0 Å². The Morgan fingerprint density at radius 2 is 1.67 bits per heavy atom. The van der Waals surface area contributed by atoms with Gasteiger partial charge in [0.1, 0.15) is 0 Å². The molecule has 0 spiro atoms. The minimum atomic E-state index is -0.261. The van der Waals surface area contributed by atoms with E-state index in [2.05, 4.69) is 31.2 Å². The molecular formula is C16H16O2. The van der Waals surface area contributed by atoms with Crippen LogP contribution in [0.4, 0.5) is 0 Å². The summed E-state index contributed by atoms with van der Waals surface area (Å²) in [6, 6.07) is 17.3. The zero-order valence-electron chi connectivity index (χ0n) is 10.4. The molecule has 2 aromatic carbocycles. The fourth-order valence-electron chi connectivity index (χ4n) is 1.67. The van der Waals surface area contributed by atoms with Crippen LogP contribution in [0.15, 0.2) is 54.6 Å². The normalized spacial score (nSPS) is 10.1. The molecule has 0 aliphatic rings. The van der Waals surface area contributed by atoms with Crippen molar-refractivity contribution in [3.8, 4) is 0 Å². The van der Waals surface area contributed by atoms with E-state index in [0.717, 1.165) is 6.42 Å². The Balaban J connectivity index is 1.82. The lowest BCUT2D eigenvalue weighted by Gasteiger charge is -2.05. The molecule has 0 fully saturated rings. The van der Waals surface area contributed by atoms with Crippen LogP contribution in [0.25, 0.3) is 0 Å². The Morgan fingerprint density at radius 1 is 1.00 bits per heavy atom. The highest BCUT2D eigenvalue weighted by molar-refractivity contribution is 5.89. The molecule has 2 nitrogen and oxygen atoms in total. The van der Waals surface area contributed by atoms with Gasteiger partial charge in [0.2, 0.25) is 0 Å². The molecule has 0 aliphatic carbocycles. The van der Waals surface area contributed by atoms with Gasteiger partial charge in [-0.05, 0) is 24.6 Å². The first-order chi connectivity index (χ1) is 8.75. The van der Waals surface area contributed by atoms with Gasteiger partial charge in [-0.1, -0.05) is 48.0 Å². The van der Waals surface area contributed by atoms with E-state index in [0.29, 0.717) is 12.2 Å². The van der Waals surface area contributed by atoms with Crippen LogP contribution in [-0.4, -0.2) is 12.6 Å². The number of benzene rings is 2. The van der Waals surface area contributed by atoms with Gasteiger partial charge in [0.15, 0.2) is 0 Å². The second-order valence-electron chi connectivity index (χ2n) is 4.24. The van der Waals surface area contributed by atoms with Gasteiger partial charge in [0.05, 0.1) is 12.2 Å². The number of carbonyl (C=O) groups is 1. The van der Waals surface area contributed by atoms with E-state index >= 15 is 0 Å². The average molecular weight is 240 g/mol. The fraction of sp³-hybridized carbons (Fsp3) is 0.188. The Morgan fingerprint density at radius 3 is 2.33 bits per heavy atom. The molecule has 92 valence electrons. The van der Waals surface area contributed by atoms with Crippen molar-refractivity contribution in [3.63, 3.8) is 0 Å². The van der Waals surface area contributed by atoms with Crippen molar-refractivity contribution in [2.24, 2.45) is 0 Å². The molecule has 0 heterocycles. The number of ether oxygens (including phenoxy) is 1. The zero-order chi connectivity index (χ0) is 12.8. The van der Waals surface area contributed by atoms with E-state index in [1.165, 1.54) is 11.1 Å². The van der Waals surface area contributed by atoms with Gasteiger partial charge in [-0.15, -0.1) is 0 Å². The number of esters is 1. The van der Waals surface area contributed by atoms with Crippen LogP contribution in [0.3, 0.4) is 0 Å². The second-order valence-corrected chi connectivity index (χ2v) is 4.24. The molecule has 0 unspecified atom stereocenters. The molecule has 2 aromatic rings. The highest BCUT2D eigenvalue weighted by atomic mass is 16.5. The van der Waals surface area contributed by atoms with Gasteiger partial charge in [-0.3, -0.25) is 0 Å². The molecule has 0 aromatic heterocycles. The molecule has 0 N–H and O–H groups in total. The third-order valence-corrected chi connectivity index (χ3v) is 2.75. The molecule has 0 saturated heterocycles. The Hall–Kier alpha value is -2.09. The van der Waals surface area contributed by atoms with Crippen LogP contribution in [0.5, 0.6) is 0 Å². The quantitative estimate of drug-likeness (QED) is 0.766. The number of hydrogen-bond donors (Lipinski definition) is 0. The number of hydrogen-bond acceptors (Lipinski definition) is 2. The first kappa shape index (κ1) is 12.4. The minimum Gasteiger partial charge on any atom is -0.462 e. The predicted molar refractivity (Wildman–Crippen MR) is 71.6 cm³/mol. The van der Waals surface area contributed by atoms with E-state index in [9.17, 15) is 4.79 Å². The molecule has 0 radical (unpaired) electrons. The van der Waals surface area contributed by atoms with Gasteiger partial charge in [0.25, 0.3) is 0 Å². The molecule has 0 bridgehead atoms.